The van der Waals surface area contributed by atoms with Crippen LogP contribution in [0.4, 0.5) is 0 Å². The maximum absolute atomic E-state index is 11.3. The van der Waals surface area contributed by atoms with Crippen LogP contribution in [0.1, 0.15) is 18.0 Å². The van der Waals surface area contributed by atoms with E-state index < -0.39 is 0 Å². The average molecular weight is 191 g/mol. The lowest BCUT2D eigenvalue weighted by Gasteiger charge is -2.15. The standard InChI is InChI=1S/C10H13N3O/c14-10-3-6-12-7-9(13-10)8-1-4-11-5-2-8/h1-2,4-5,9,12H,3,6-7H2,(H,13,14). The lowest BCUT2D eigenvalue weighted by molar-refractivity contribution is -0.121. The molecule has 1 aliphatic heterocycles. The van der Waals surface area contributed by atoms with Gasteiger partial charge in [-0.25, -0.2) is 0 Å². The fourth-order valence-corrected chi connectivity index (χ4v) is 1.56. The third-order valence-electron chi connectivity index (χ3n) is 2.32. The second kappa shape index (κ2) is 4.19. The highest BCUT2D eigenvalue weighted by molar-refractivity contribution is 5.76. The van der Waals surface area contributed by atoms with E-state index in [1.54, 1.807) is 12.4 Å². The molecule has 0 spiro atoms. The lowest BCUT2D eigenvalue weighted by Crippen LogP contribution is -2.30. The summed E-state index contributed by atoms with van der Waals surface area (Å²) in [6, 6.07) is 3.93. The highest BCUT2D eigenvalue weighted by Crippen LogP contribution is 2.11. The number of pyridine rings is 1. The first kappa shape index (κ1) is 9.15. The normalized spacial score (nSPS) is 22.6. The molecule has 1 aliphatic rings. The van der Waals surface area contributed by atoms with Crippen molar-refractivity contribution in [1.82, 2.24) is 15.6 Å². The highest BCUT2D eigenvalue weighted by Gasteiger charge is 2.16. The Bertz CT molecular complexity index is 312. The first-order valence-corrected chi connectivity index (χ1v) is 4.76. The summed E-state index contributed by atoms with van der Waals surface area (Å²) in [5.41, 5.74) is 1.10. The van der Waals surface area contributed by atoms with E-state index >= 15 is 0 Å². The summed E-state index contributed by atoms with van der Waals surface area (Å²) in [5, 5.41) is 6.19. The second-order valence-electron chi connectivity index (χ2n) is 3.35. The Morgan fingerprint density at radius 2 is 2.14 bits per heavy atom. The molecule has 1 atom stereocenters. The molecule has 1 amide bonds. The molecule has 1 saturated heterocycles. The van der Waals surface area contributed by atoms with Crippen molar-refractivity contribution >= 4 is 5.91 Å². The van der Waals surface area contributed by atoms with Gasteiger partial charge in [-0.3, -0.25) is 9.78 Å². The van der Waals surface area contributed by atoms with Crippen LogP contribution < -0.4 is 10.6 Å². The molecule has 1 unspecified atom stereocenters. The minimum atomic E-state index is 0.0769. The molecule has 1 aromatic heterocycles. The van der Waals surface area contributed by atoms with Gasteiger partial charge in [0, 0.05) is 31.9 Å². The Labute approximate surface area is 82.7 Å². The second-order valence-corrected chi connectivity index (χ2v) is 3.35. The molecule has 0 bridgehead atoms. The van der Waals surface area contributed by atoms with Crippen LogP contribution in [0.2, 0.25) is 0 Å². The number of aromatic nitrogens is 1. The predicted octanol–water partition coefficient (Wildman–Crippen LogP) is 0.232. The molecule has 74 valence electrons. The lowest BCUT2D eigenvalue weighted by atomic mass is 10.1. The van der Waals surface area contributed by atoms with Crippen molar-refractivity contribution in [3.05, 3.63) is 30.1 Å². The van der Waals surface area contributed by atoms with E-state index in [2.05, 4.69) is 15.6 Å². The highest BCUT2D eigenvalue weighted by atomic mass is 16.1. The Morgan fingerprint density at radius 3 is 2.93 bits per heavy atom. The maximum atomic E-state index is 11.3. The van der Waals surface area contributed by atoms with Gasteiger partial charge in [0.15, 0.2) is 0 Å². The number of carbonyl (C=O) groups excluding carboxylic acids is 1. The van der Waals surface area contributed by atoms with Crippen LogP contribution in [0.15, 0.2) is 24.5 Å². The summed E-state index contributed by atoms with van der Waals surface area (Å²) in [5.74, 6) is 0.108. The maximum Gasteiger partial charge on any atom is 0.221 e. The van der Waals surface area contributed by atoms with Gasteiger partial charge in [0.05, 0.1) is 6.04 Å². The van der Waals surface area contributed by atoms with E-state index in [9.17, 15) is 4.79 Å². The average Bonchev–Trinajstić information content (AvgIpc) is 2.44. The van der Waals surface area contributed by atoms with Gasteiger partial charge in [0.25, 0.3) is 0 Å². The quantitative estimate of drug-likeness (QED) is 0.668. The Hall–Kier alpha value is -1.42. The summed E-state index contributed by atoms with van der Waals surface area (Å²) >= 11 is 0. The van der Waals surface area contributed by atoms with Crippen molar-refractivity contribution in [3.63, 3.8) is 0 Å². The monoisotopic (exact) mass is 191 g/mol. The number of hydrogen-bond acceptors (Lipinski definition) is 3. The molecule has 4 heteroatoms. The molecule has 0 aromatic carbocycles. The molecule has 0 aliphatic carbocycles. The molecule has 14 heavy (non-hydrogen) atoms. The SMILES string of the molecule is O=C1CCNCC(c2ccncc2)N1. The summed E-state index contributed by atoms with van der Waals surface area (Å²) in [6.45, 7) is 1.54. The Morgan fingerprint density at radius 1 is 1.36 bits per heavy atom. The number of amides is 1. The van der Waals surface area contributed by atoms with Crippen molar-refractivity contribution in [3.8, 4) is 0 Å². The molecule has 0 saturated carbocycles. The number of nitrogens with one attached hydrogen (secondary N) is 2. The van der Waals surface area contributed by atoms with E-state index in [-0.39, 0.29) is 11.9 Å². The number of hydrogen-bond donors (Lipinski definition) is 2. The van der Waals surface area contributed by atoms with Gasteiger partial charge < -0.3 is 10.6 Å². The van der Waals surface area contributed by atoms with Crippen molar-refractivity contribution in [1.29, 1.82) is 0 Å². The minimum absolute atomic E-state index is 0.0769. The first-order chi connectivity index (χ1) is 6.86. The van der Waals surface area contributed by atoms with E-state index in [0.29, 0.717) is 6.42 Å². The molecular weight excluding hydrogens is 178 g/mol. The van der Waals surface area contributed by atoms with Crippen molar-refractivity contribution in [2.45, 2.75) is 12.5 Å². The van der Waals surface area contributed by atoms with E-state index in [1.807, 2.05) is 12.1 Å². The van der Waals surface area contributed by atoms with Crippen LogP contribution in [-0.2, 0) is 4.79 Å². The van der Waals surface area contributed by atoms with Gasteiger partial charge in [-0.2, -0.15) is 0 Å². The zero-order valence-corrected chi connectivity index (χ0v) is 7.86. The van der Waals surface area contributed by atoms with E-state index in [0.717, 1.165) is 18.7 Å². The third kappa shape index (κ3) is 2.09. The zero-order chi connectivity index (χ0) is 9.80. The molecule has 4 nitrogen and oxygen atoms in total. The molecule has 2 heterocycles. The zero-order valence-electron chi connectivity index (χ0n) is 7.86. The van der Waals surface area contributed by atoms with Crippen molar-refractivity contribution < 1.29 is 4.79 Å². The van der Waals surface area contributed by atoms with Gasteiger partial charge >= 0.3 is 0 Å². The molecular formula is C10H13N3O. The fourth-order valence-electron chi connectivity index (χ4n) is 1.56. The largest absolute Gasteiger partial charge is 0.348 e. The summed E-state index contributed by atoms with van der Waals surface area (Å²) in [6.07, 6.45) is 4.04. The van der Waals surface area contributed by atoms with Gasteiger partial charge in [0.2, 0.25) is 5.91 Å². The molecule has 0 radical (unpaired) electrons. The predicted molar refractivity (Wildman–Crippen MR) is 52.6 cm³/mol. The van der Waals surface area contributed by atoms with Crippen LogP contribution in [0.25, 0.3) is 0 Å². The molecule has 1 aromatic rings. The topological polar surface area (TPSA) is 54.0 Å². The van der Waals surface area contributed by atoms with E-state index in [4.69, 9.17) is 0 Å². The van der Waals surface area contributed by atoms with Gasteiger partial charge in [-0.1, -0.05) is 0 Å². The summed E-state index contributed by atoms with van der Waals surface area (Å²) in [7, 11) is 0. The number of carbonyl (C=O) groups is 1. The van der Waals surface area contributed by atoms with Gasteiger partial charge in [0.1, 0.15) is 0 Å². The van der Waals surface area contributed by atoms with Gasteiger partial charge in [-0.05, 0) is 17.7 Å². The van der Waals surface area contributed by atoms with Crippen LogP contribution in [0.5, 0.6) is 0 Å². The summed E-state index contributed by atoms with van der Waals surface area (Å²) in [4.78, 5) is 15.2. The summed E-state index contributed by atoms with van der Waals surface area (Å²) < 4.78 is 0. The fraction of sp³-hybridized carbons (Fsp3) is 0.400. The minimum Gasteiger partial charge on any atom is -0.348 e. The van der Waals surface area contributed by atoms with Gasteiger partial charge in [-0.15, -0.1) is 0 Å². The molecule has 2 N–H and O–H groups in total. The van der Waals surface area contributed by atoms with Crippen LogP contribution in [-0.4, -0.2) is 24.0 Å². The Balaban J connectivity index is 2.13. The van der Waals surface area contributed by atoms with Crippen molar-refractivity contribution in [2.75, 3.05) is 13.1 Å². The van der Waals surface area contributed by atoms with E-state index in [1.165, 1.54) is 0 Å². The molecule has 2 rings (SSSR count). The number of rotatable bonds is 1. The molecule has 1 fully saturated rings. The smallest absolute Gasteiger partial charge is 0.221 e. The first-order valence-electron chi connectivity index (χ1n) is 4.76. The van der Waals surface area contributed by atoms with Crippen molar-refractivity contribution in [2.24, 2.45) is 0 Å². The van der Waals surface area contributed by atoms with Crippen LogP contribution in [0, 0.1) is 0 Å². The van der Waals surface area contributed by atoms with Crippen LogP contribution >= 0.6 is 0 Å². The van der Waals surface area contributed by atoms with Crippen LogP contribution in [0.3, 0.4) is 0 Å². The number of nitrogens with zero attached hydrogens (tertiary/aromatic N) is 1. The Kier molecular flexibility index (Phi) is 2.74. The third-order valence-corrected chi connectivity index (χ3v) is 2.32.